The van der Waals surface area contributed by atoms with Gasteiger partial charge >= 0.3 is 0 Å². The van der Waals surface area contributed by atoms with Crippen LogP contribution in [0.4, 0.5) is 0 Å². The first-order valence-electron chi connectivity index (χ1n) is 5.31. The molecular weight excluding hydrogens is 164 g/mol. The van der Waals surface area contributed by atoms with Gasteiger partial charge in [-0.1, -0.05) is 33.6 Å². The van der Waals surface area contributed by atoms with Crippen LogP contribution in [0.3, 0.4) is 0 Å². The van der Waals surface area contributed by atoms with Crippen LogP contribution in [0.15, 0.2) is 0 Å². The van der Waals surface area contributed by atoms with Crippen molar-refractivity contribution >= 4 is 6.29 Å². The van der Waals surface area contributed by atoms with Crippen LogP contribution in [0.5, 0.6) is 0 Å². The first-order valence-corrected chi connectivity index (χ1v) is 5.31. The maximum Gasteiger partial charge on any atom is 0.125 e. The van der Waals surface area contributed by atoms with Crippen LogP contribution >= 0.6 is 0 Å². The van der Waals surface area contributed by atoms with Crippen LogP contribution < -0.4 is 0 Å². The van der Waals surface area contributed by atoms with Gasteiger partial charge in [0, 0.05) is 5.92 Å². The van der Waals surface area contributed by atoms with Crippen molar-refractivity contribution in [2.75, 3.05) is 6.61 Å². The number of unbranched alkanes of at least 4 members (excludes halogenated alkanes) is 1. The van der Waals surface area contributed by atoms with Gasteiger partial charge in [0.2, 0.25) is 0 Å². The minimum absolute atomic E-state index is 0.0377. The van der Waals surface area contributed by atoms with Crippen molar-refractivity contribution in [2.24, 2.45) is 5.92 Å². The van der Waals surface area contributed by atoms with E-state index in [-0.39, 0.29) is 5.92 Å². The van der Waals surface area contributed by atoms with E-state index in [1.807, 2.05) is 6.92 Å². The Morgan fingerprint density at radius 3 is 2.54 bits per heavy atom. The quantitative estimate of drug-likeness (QED) is 0.545. The average molecular weight is 186 g/mol. The normalized spacial score (nSPS) is 15.3. The molecule has 0 aliphatic rings. The Morgan fingerprint density at radius 2 is 2.08 bits per heavy atom. The van der Waals surface area contributed by atoms with Gasteiger partial charge in [-0.3, -0.25) is 0 Å². The average Bonchev–Trinajstić information content (AvgIpc) is 2.17. The Balaban J connectivity index is 3.52. The molecule has 0 aliphatic heterocycles. The van der Waals surface area contributed by atoms with E-state index in [2.05, 4.69) is 13.8 Å². The van der Waals surface area contributed by atoms with Crippen LogP contribution in [0.2, 0.25) is 0 Å². The third-order valence-corrected chi connectivity index (χ3v) is 2.16. The minimum Gasteiger partial charge on any atom is -0.378 e. The van der Waals surface area contributed by atoms with Gasteiger partial charge in [0.15, 0.2) is 0 Å². The van der Waals surface area contributed by atoms with E-state index < -0.39 is 0 Å². The third-order valence-electron chi connectivity index (χ3n) is 2.16. The molecule has 0 rings (SSSR count). The molecule has 0 radical (unpaired) electrons. The molecular formula is C11H22O2. The van der Waals surface area contributed by atoms with Crippen molar-refractivity contribution in [3.63, 3.8) is 0 Å². The molecule has 0 saturated carbocycles. The van der Waals surface area contributed by atoms with Crippen LogP contribution in [-0.4, -0.2) is 19.0 Å². The van der Waals surface area contributed by atoms with Crippen molar-refractivity contribution in [2.45, 2.75) is 52.6 Å². The molecule has 78 valence electrons. The zero-order valence-electron chi connectivity index (χ0n) is 9.08. The molecule has 0 spiro atoms. The van der Waals surface area contributed by atoms with E-state index in [1.165, 1.54) is 12.8 Å². The van der Waals surface area contributed by atoms with E-state index in [0.29, 0.717) is 12.7 Å². The molecule has 0 N–H and O–H groups in total. The second kappa shape index (κ2) is 8.24. The summed E-state index contributed by atoms with van der Waals surface area (Å²) in [5, 5.41) is 0. The molecule has 2 heteroatoms. The molecule has 2 atom stereocenters. The molecule has 0 aromatic heterocycles. The molecule has 0 aromatic carbocycles. The van der Waals surface area contributed by atoms with Gasteiger partial charge in [-0.05, 0) is 12.8 Å². The summed E-state index contributed by atoms with van der Waals surface area (Å²) in [5.41, 5.74) is 0. The maximum atomic E-state index is 10.3. The number of hydrogen-bond donors (Lipinski definition) is 0. The topological polar surface area (TPSA) is 26.3 Å². The van der Waals surface area contributed by atoms with Crippen molar-refractivity contribution in [1.82, 2.24) is 0 Å². The Kier molecular flexibility index (Phi) is 8.00. The maximum absolute atomic E-state index is 10.3. The highest BCUT2D eigenvalue weighted by molar-refractivity contribution is 5.52. The molecule has 0 heterocycles. The highest BCUT2D eigenvalue weighted by Crippen LogP contribution is 2.09. The number of carbonyl (C=O) groups is 1. The lowest BCUT2D eigenvalue weighted by Gasteiger charge is -2.16. The molecule has 0 aromatic rings. The number of hydrogen-bond acceptors (Lipinski definition) is 2. The van der Waals surface area contributed by atoms with Crippen molar-refractivity contribution in [3.05, 3.63) is 0 Å². The Morgan fingerprint density at radius 1 is 1.38 bits per heavy atom. The molecule has 0 saturated heterocycles. The lowest BCUT2D eigenvalue weighted by molar-refractivity contribution is -0.113. The number of rotatable bonds is 8. The van der Waals surface area contributed by atoms with Gasteiger partial charge in [0.05, 0.1) is 12.7 Å². The first-order chi connectivity index (χ1) is 6.24. The standard InChI is InChI=1S/C11H22O2/c1-4-6-7-11(5-2)13-9-10(3)8-12/h8,10-11H,4-7,9H2,1-3H3. The summed E-state index contributed by atoms with van der Waals surface area (Å²) in [6.07, 6.45) is 5.90. The van der Waals surface area contributed by atoms with E-state index in [9.17, 15) is 4.79 Å². The molecule has 13 heavy (non-hydrogen) atoms. The number of aldehydes is 1. The summed E-state index contributed by atoms with van der Waals surface area (Å²) in [5.74, 6) is 0.0377. The molecule has 0 fully saturated rings. The van der Waals surface area contributed by atoms with E-state index >= 15 is 0 Å². The molecule has 2 nitrogen and oxygen atoms in total. The van der Waals surface area contributed by atoms with Gasteiger partial charge < -0.3 is 9.53 Å². The highest BCUT2D eigenvalue weighted by Gasteiger charge is 2.07. The minimum atomic E-state index is 0.0377. The SMILES string of the molecule is CCCCC(CC)OCC(C)C=O. The van der Waals surface area contributed by atoms with E-state index in [0.717, 1.165) is 19.1 Å². The largest absolute Gasteiger partial charge is 0.378 e. The summed E-state index contributed by atoms with van der Waals surface area (Å²) in [4.78, 5) is 10.3. The van der Waals surface area contributed by atoms with Crippen molar-refractivity contribution < 1.29 is 9.53 Å². The second-order valence-corrected chi connectivity index (χ2v) is 3.62. The number of carbonyl (C=O) groups excluding carboxylic acids is 1. The molecule has 0 bridgehead atoms. The number of ether oxygens (including phenoxy) is 1. The smallest absolute Gasteiger partial charge is 0.125 e. The van der Waals surface area contributed by atoms with Crippen LogP contribution in [0.25, 0.3) is 0 Å². The van der Waals surface area contributed by atoms with E-state index in [1.54, 1.807) is 0 Å². The summed E-state index contributed by atoms with van der Waals surface area (Å²) < 4.78 is 5.61. The van der Waals surface area contributed by atoms with E-state index in [4.69, 9.17) is 4.74 Å². The molecule has 0 amide bonds. The summed E-state index contributed by atoms with van der Waals surface area (Å²) in [6, 6.07) is 0. The van der Waals surface area contributed by atoms with Crippen LogP contribution in [-0.2, 0) is 9.53 Å². The molecule has 2 unspecified atom stereocenters. The zero-order chi connectivity index (χ0) is 10.1. The van der Waals surface area contributed by atoms with Gasteiger partial charge in [-0.25, -0.2) is 0 Å². The lowest BCUT2D eigenvalue weighted by atomic mass is 10.1. The predicted octanol–water partition coefficient (Wildman–Crippen LogP) is 2.81. The lowest BCUT2D eigenvalue weighted by Crippen LogP contribution is -2.17. The summed E-state index contributed by atoms with van der Waals surface area (Å²) in [7, 11) is 0. The Hall–Kier alpha value is -0.370. The monoisotopic (exact) mass is 186 g/mol. The fraction of sp³-hybridized carbons (Fsp3) is 0.909. The predicted molar refractivity (Wildman–Crippen MR) is 54.8 cm³/mol. The highest BCUT2D eigenvalue weighted by atomic mass is 16.5. The van der Waals surface area contributed by atoms with Crippen molar-refractivity contribution in [1.29, 1.82) is 0 Å². The van der Waals surface area contributed by atoms with Crippen molar-refractivity contribution in [3.8, 4) is 0 Å². The fourth-order valence-corrected chi connectivity index (χ4v) is 1.16. The Bertz CT molecular complexity index is 123. The first kappa shape index (κ1) is 12.6. The third kappa shape index (κ3) is 6.76. The second-order valence-electron chi connectivity index (χ2n) is 3.62. The Labute approximate surface area is 81.7 Å². The summed E-state index contributed by atoms with van der Waals surface area (Å²) >= 11 is 0. The van der Waals surface area contributed by atoms with Gasteiger partial charge in [-0.15, -0.1) is 0 Å². The van der Waals surface area contributed by atoms with Gasteiger partial charge in [0.25, 0.3) is 0 Å². The van der Waals surface area contributed by atoms with Crippen LogP contribution in [0.1, 0.15) is 46.5 Å². The fourth-order valence-electron chi connectivity index (χ4n) is 1.16. The molecule has 0 aliphatic carbocycles. The van der Waals surface area contributed by atoms with Gasteiger partial charge in [-0.2, -0.15) is 0 Å². The van der Waals surface area contributed by atoms with Gasteiger partial charge in [0.1, 0.15) is 6.29 Å². The zero-order valence-corrected chi connectivity index (χ0v) is 9.08. The van der Waals surface area contributed by atoms with Crippen LogP contribution in [0, 0.1) is 5.92 Å². The summed E-state index contributed by atoms with van der Waals surface area (Å²) in [6.45, 7) is 6.78.